The first-order chi connectivity index (χ1) is 8.54. The quantitative estimate of drug-likeness (QED) is 0.781. The Labute approximate surface area is 116 Å². The van der Waals surface area contributed by atoms with E-state index in [2.05, 4.69) is 20.9 Å². The molecule has 0 N–H and O–H groups in total. The third kappa shape index (κ3) is 2.33. The number of fused-ring (bicyclic) bond motifs is 1. The van der Waals surface area contributed by atoms with E-state index in [-0.39, 0.29) is 22.7 Å². The Kier molecular flexibility index (Phi) is 3.82. The highest BCUT2D eigenvalue weighted by atomic mass is 79.9. The lowest BCUT2D eigenvalue weighted by Gasteiger charge is -2.07. The van der Waals surface area contributed by atoms with Gasteiger partial charge in [0.05, 0.1) is 17.2 Å². The van der Waals surface area contributed by atoms with Crippen molar-refractivity contribution >= 4 is 44.4 Å². The molecule has 2 aromatic rings. The van der Waals surface area contributed by atoms with Gasteiger partial charge in [0.2, 0.25) is 0 Å². The Balaban J connectivity index is 2.67. The predicted octanol–water partition coefficient (Wildman–Crippen LogP) is 3.97. The minimum absolute atomic E-state index is 0.122. The van der Waals surface area contributed by atoms with Crippen molar-refractivity contribution in [3.8, 4) is 0 Å². The molecule has 94 valence electrons. The maximum Gasteiger partial charge on any atom is 0.341 e. The predicted molar refractivity (Wildman–Crippen MR) is 70.4 cm³/mol. The third-order valence-corrected chi connectivity index (χ3v) is 3.18. The van der Waals surface area contributed by atoms with Crippen molar-refractivity contribution < 1.29 is 13.9 Å². The molecular formula is C12H8BrClFNO2. The molecule has 0 saturated heterocycles. The third-order valence-electron chi connectivity index (χ3n) is 2.32. The average Bonchev–Trinajstić information content (AvgIpc) is 2.30. The number of ether oxygens (including phenoxy) is 1. The topological polar surface area (TPSA) is 39.2 Å². The molecule has 0 spiro atoms. The normalized spacial score (nSPS) is 10.7. The summed E-state index contributed by atoms with van der Waals surface area (Å²) in [6.45, 7) is 1.93. The van der Waals surface area contributed by atoms with Crippen LogP contribution in [-0.2, 0) is 4.74 Å². The van der Waals surface area contributed by atoms with Gasteiger partial charge in [-0.3, -0.25) is 4.98 Å². The summed E-state index contributed by atoms with van der Waals surface area (Å²) in [5.41, 5.74) is 0.250. The van der Waals surface area contributed by atoms with Gasteiger partial charge in [-0.2, -0.15) is 0 Å². The molecule has 2 rings (SSSR count). The van der Waals surface area contributed by atoms with Gasteiger partial charge in [0.25, 0.3) is 0 Å². The zero-order valence-corrected chi connectivity index (χ0v) is 11.7. The van der Waals surface area contributed by atoms with Crippen LogP contribution in [0.3, 0.4) is 0 Å². The number of hydrogen-bond donors (Lipinski definition) is 0. The van der Waals surface area contributed by atoms with Crippen LogP contribution in [0.15, 0.2) is 22.8 Å². The molecule has 6 heteroatoms. The van der Waals surface area contributed by atoms with E-state index in [1.165, 1.54) is 12.3 Å². The van der Waals surface area contributed by atoms with Gasteiger partial charge in [0.15, 0.2) is 5.82 Å². The lowest BCUT2D eigenvalue weighted by molar-refractivity contribution is 0.0526. The van der Waals surface area contributed by atoms with Crippen LogP contribution >= 0.6 is 27.5 Å². The van der Waals surface area contributed by atoms with E-state index in [1.807, 2.05) is 0 Å². The molecule has 0 radical (unpaired) electrons. The summed E-state index contributed by atoms with van der Waals surface area (Å²) in [6, 6.07) is 2.90. The van der Waals surface area contributed by atoms with E-state index in [0.29, 0.717) is 9.86 Å². The first-order valence-electron chi connectivity index (χ1n) is 5.15. The molecule has 1 heterocycles. The lowest BCUT2D eigenvalue weighted by atomic mass is 10.1. The zero-order chi connectivity index (χ0) is 13.3. The fourth-order valence-corrected chi connectivity index (χ4v) is 2.25. The van der Waals surface area contributed by atoms with Crippen LogP contribution in [0.4, 0.5) is 4.39 Å². The number of carbonyl (C=O) groups is 1. The number of halogens is 3. The second kappa shape index (κ2) is 5.20. The summed E-state index contributed by atoms with van der Waals surface area (Å²) >= 11 is 9.25. The van der Waals surface area contributed by atoms with Crippen molar-refractivity contribution in [2.24, 2.45) is 0 Å². The van der Waals surface area contributed by atoms with Crippen LogP contribution in [0.1, 0.15) is 17.3 Å². The summed E-state index contributed by atoms with van der Waals surface area (Å²) < 4.78 is 19.0. The van der Waals surface area contributed by atoms with Crippen LogP contribution in [0.5, 0.6) is 0 Å². The Morgan fingerprint density at radius 3 is 2.94 bits per heavy atom. The fourth-order valence-electron chi connectivity index (χ4n) is 1.55. The van der Waals surface area contributed by atoms with E-state index >= 15 is 0 Å². The second-order valence-electron chi connectivity index (χ2n) is 3.49. The van der Waals surface area contributed by atoms with Gasteiger partial charge >= 0.3 is 5.97 Å². The molecule has 0 fully saturated rings. The van der Waals surface area contributed by atoms with Crippen molar-refractivity contribution in [3.05, 3.63) is 39.2 Å². The van der Waals surface area contributed by atoms with Crippen LogP contribution in [0, 0.1) is 5.82 Å². The van der Waals surface area contributed by atoms with Gasteiger partial charge in [-0.05, 0) is 19.1 Å². The monoisotopic (exact) mass is 331 g/mol. The van der Waals surface area contributed by atoms with E-state index in [4.69, 9.17) is 16.3 Å². The molecule has 0 unspecified atom stereocenters. The van der Waals surface area contributed by atoms with Crippen molar-refractivity contribution in [1.29, 1.82) is 0 Å². The molecule has 0 aliphatic heterocycles. The lowest BCUT2D eigenvalue weighted by Crippen LogP contribution is -2.06. The first-order valence-corrected chi connectivity index (χ1v) is 6.32. The van der Waals surface area contributed by atoms with Gasteiger partial charge in [0, 0.05) is 16.1 Å². The highest BCUT2D eigenvalue weighted by molar-refractivity contribution is 9.10. The molecule has 0 saturated carbocycles. The summed E-state index contributed by atoms with van der Waals surface area (Å²) in [7, 11) is 0. The Bertz CT molecular complexity index is 633. The van der Waals surface area contributed by atoms with Gasteiger partial charge in [-0.15, -0.1) is 0 Å². The molecular weight excluding hydrogens is 324 g/mol. The zero-order valence-electron chi connectivity index (χ0n) is 9.34. The van der Waals surface area contributed by atoms with E-state index in [1.54, 1.807) is 13.0 Å². The molecule has 0 bridgehead atoms. The molecule has 0 amide bonds. The molecule has 3 nitrogen and oxygen atoms in total. The van der Waals surface area contributed by atoms with Crippen molar-refractivity contribution in [3.63, 3.8) is 0 Å². The minimum atomic E-state index is -0.572. The Hall–Kier alpha value is -1.20. The molecule has 1 aromatic heterocycles. The number of benzene rings is 1. The summed E-state index contributed by atoms with van der Waals surface area (Å²) in [5.74, 6) is -1.08. The minimum Gasteiger partial charge on any atom is -0.462 e. The highest BCUT2D eigenvalue weighted by Crippen LogP contribution is 2.30. The molecule has 0 atom stereocenters. The number of aromatic nitrogens is 1. The smallest absolute Gasteiger partial charge is 0.341 e. The van der Waals surface area contributed by atoms with E-state index < -0.39 is 11.8 Å². The van der Waals surface area contributed by atoms with Crippen molar-refractivity contribution in [1.82, 2.24) is 4.98 Å². The van der Waals surface area contributed by atoms with Crippen molar-refractivity contribution in [2.75, 3.05) is 6.61 Å². The van der Waals surface area contributed by atoms with Gasteiger partial charge in [-0.1, -0.05) is 27.5 Å². The van der Waals surface area contributed by atoms with Gasteiger partial charge in [0.1, 0.15) is 5.52 Å². The second-order valence-corrected chi connectivity index (χ2v) is 4.78. The number of esters is 1. The van der Waals surface area contributed by atoms with Gasteiger partial charge < -0.3 is 4.74 Å². The largest absolute Gasteiger partial charge is 0.462 e. The standard InChI is InChI=1S/C12H8BrClFNO2/c1-2-18-12(17)8-5-16-11-7(10(8)14)3-6(13)4-9(11)15/h3-5H,2H2,1H3. The SMILES string of the molecule is CCOC(=O)c1cnc2c(F)cc(Br)cc2c1Cl. The summed E-state index contributed by atoms with van der Waals surface area (Å²) in [4.78, 5) is 15.5. The highest BCUT2D eigenvalue weighted by Gasteiger charge is 2.17. The molecule has 18 heavy (non-hydrogen) atoms. The number of nitrogens with zero attached hydrogens (tertiary/aromatic N) is 1. The average molecular weight is 333 g/mol. The van der Waals surface area contributed by atoms with Crippen LogP contribution in [-0.4, -0.2) is 17.6 Å². The maximum atomic E-state index is 13.6. The number of rotatable bonds is 2. The molecule has 0 aliphatic rings. The number of carbonyl (C=O) groups excluding carboxylic acids is 1. The first kappa shape index (κ1) is 13.2. The Morgan fingerprint density at radius 1 is 1.56 bits per heavy atom. The fraction of sp³-hybridized carbons (Fsp3) is 0.167. The number of hydrogen-bond acceptors (Lipinski definition) is 3. The van der Waals surface area contributed by atoms with E-state index in [0.717, 1.165) is 0 Å². The van der Waals surface area contributed by atoms with Crippen molar-refractivity contribution in [2.45, 2.75) is 6.92 Å². The molecule has 0 aliphatic carbocycles. The maximum absolute atomic E-state index is 13.6. The van der Waals surface area contributed by atoms with E-state index in [9.17, 15) is 9.18 Å². The molecule has 1 aromatic carbocycles. The van der Waals surface area contributed by atoms with Gasteiger partial charge in [-0.25, -0.2) is 9.18 Å². The Morgan fingerprint density at radius 2 is 2.28 bits per heavy atom. The van der Waals surface area contributed by atoms with Crippen LogP contribution in [0.25, 0.3) is 10.9 Å². The summed E-state index contributed by atoms with van der Waals surface area (Å²) in [5, 5.41) is 0.507. The summed E-state index contributed by atoms with van der Waals surface area (Å²) in [6.07, 6.45) is 1.22. The number of pyridine rings is 1. The van der Waals surface area contributed by atoms with Crippen LogP contribution in [0.2, 0.25) is 5.02 Å². The van der Waals surface area contributed by atoms with Crippen LogP contribution < -0.4 is 0 Å².